The lowest BCUT2D eigenvalue weighted by molar-refractivity contribution is -0.131. The number of alkyl carbamates (subject to hydrolysis) is 1. The van der Waals surface area contributed by atoms with Crippen LogP contribution in [0.1, 0.15) is 72.1 Å². The van der Waals surface area contributed by atoms with Crippen molar-refractivity contribution >= 4 is 17.8 Å². The van der Waals surface area contributed by atoms with E-state index in [1.54, 1.807) is 20.8 Å². The Hall–Kier alpha value is -2.71. The minimum atomic E-state index is -1.15. The maximum Gasteiger partial charge on any atom is 0.407 e. The Morgan fingerprint density at radius 2 is 1.79 bits per heavy atom. The maximum absolute atomic E-state index is 13.8. The van der Waals surface area contributed by atoms with E-state index in [9.17, 15) is 23.2 Å². The van der Waals surface area contributed by atoms with Crippen molar-refractivity contribution in [3.8, 4) is 5.75 Å². The van der Waals surface area contributed by atoms with Crippen molar-refractivity contribution in [2.24, 2.45) is 5.92 Å². The Kier molecular flexibility index (Phi) is 10.7. The molecule has 9 heteroatoms. The van der Waals surface area contributed by atoms with Gasteiger partial charge >= 0.3 is 6.09 Å². The van der Waals surface area contributed by atoms with Gasteiger partial charge in [0.25, 0.3) is 0 Å². The summed E-state index contributed by atoms with van der Waals surface area (Å²) in [6.07, 6.45) is 5.52. The topological polar surface area (TPSA) is 93.7 Å². The minimum absolute atomic E-state index is 0.102. The van der Waals surface area contributed by atoms with Gasteiger partial charge in [0.15, 0.2) is 17.3 Å². The van der Waals surface area contributed by atoms with Gasteiger partial charge in [-0.1, -0.05) is 31.7 Å². The molecular formula is C25H36F2N2O5. The van der Waals surface area contributed by atoms with Crippen LogP contribution in [0.15, 0.2) is 18.2 Å². The predicted molar refractivity (Wildman–Crippen MR) is 123 cm³/mol. The van der Waals surface area contributed by atoms with Crippen molar-refractivity contribution in [2.75, 3.05) is 13.2 Å². The first-order valence-corrected chi connectivity index (χ1v) is 11.9. The fourth-order valence-corrected chi connectivity index (χ4v) is 3.79. The van der Waals surface area contributed by atoms with E-state index < -0.39 is 41.8 Å². The predicted octanol–water partition coefficient (Wildman–Crippen LogP) is 4.67. The molecule has 0 aromatic heterocycles. The summed E-state index contributed by atoms with van der Waals surface area (Å²) in [5.74, 6) is -3.21. The number of carbonyl (C=O) groups is 3. The van der Waals surface area contributed by atoms with E-state index in [0.717, 1.165) is 38.2 Å². The average molecular weight is 483 g/mol. The maximum atomic E-state index is 13.8. The van der Waals surface area contributed by atoms with E-state index in [-0.39, 0.29) is 17.6 Å². The van der Waals surface area contributed by atoms with E-state index in [0.29, 0.717) is 25.8 Å². The highest BCUT2D eigenvalue weighted by molar-refractivity contribution is 5.90. The summed E-state index contributed by atoms with van der Waals surface area (Å²) in [4.78, 5) is 37.0. The third-order valence-corrected chi connectivity index (χ3v) is 5.56. The second-order valence-electron chi connectivity index (χ2n) is 9.63. The molecule has 1 fully saturated rings. The van der Waals surface area contributed by atoms with Gasteiger partial charge in [0.1, 0.15) is 12.2 Å². The number of nitrogens with one attached hydrogen (secondary N) is 2. The lowest BCUT2D eigenvalue weighted by Gasteiger charge is -2.21. The molecule has 34 heavy (non-hydrogen) atoms. The minimum Gasteiger partial charge on any atom is -0.483 e. The normalized spacial score (nSPS) is 15.0. The Balaban J connectivity index is 1.83. The third kappa shape index (κ3) is 9.65. The molecule has 1 saturated carbocycles. The van der Waals surface area contributed by atoms with Crippen LogP contribution >= 0.6 is 0 Å². The zero-order valence-corrected chi connectivity index (χ0v) is 20.3. The van der Waals surface area contributed by atoms with Gasteiger partial charge < -0.3 is 20.1 Å². The summed E-state index contributed by atoms with van der Waals surface area (Å²) in [6.45, 7) is 5.32. The molecular weight excluding hydrogens is 446 g/mol. The molecule has 1 aromatic rings. The van der Waals surface area contributed by atoms with Crippen LogP contribution in [0.4, 0.5) is 13.6 Å². The third-order valence-electron chi connectivity index (χ3n) is 5.56. The highest BCUT2D eigenvalue weighted by Crippen LogP contribution is 2.25. The number of benzene rings is 1. The van der Waals surface area contributed by atoms with Gasteiger partial charge in [-0.05, 0) is 58.6 Å². The standard InChI is InChI=1S/C25H36F2N2O5/c1-25(2,3)34-24(32)28-15-8-4-5-13-19(29-23(31)17-10-6-7-11-17)20(30)16-33-21-14-9-12-18(26)22(21)27/h9,12,14,17,19H,4-8,10-11,13,15-16H2,1-3H3,(H,28,32)(H,29,31)/t19-/m0/s1. The number of halogens is 2. The van der Waals surface area contributed by atoms with Crippen LogP contribution in [-0.2, 0) is 14.3 Å². The molecule has 1 aliphatic rings. The molecule has 7 nitrogen and oxygen atoms in total. The van der Waals surface area contributed by atoms with Crippen molar-refractivity contribution in [3.63, 3.8) is 0 Å². The molecule has 2 N–H and O–H groups in total. The molecule has 190 valence electrons. The van der Waals surface area contributed by atoms with Gasteiger partial charge in [0.2, 0.25) is 11.7 Å². The molecule has 0 aliphatic heterocycles. The van der Waals surface area contributed by atoms with Gasteiger partial charge in [-0.3, -0.25) is 9.59 Å². The molecule has 0 bridgehead atoms. The van der Waals surface area contributed by atoms with Crippen LogP contribution in [0.2, 0.25) is 0 Å². The Labute approximate surface area is 200 Å². The van der Waals surface area contributed by atoms with Gasteiger partial charge in [0, 0.05) is 12.5 Å². The number of Topliss-reactive ketones (excluding diaryl/α,β-unsaturated/α-hetero) is 1. The van der Waals surface area contributed by atoms with Crippen molar-refractivity contribution in [2.45, 2.75) is 83.8 Å². The zero-order valence-electron chi connectivity index (χ0n) is 20.3. The van der Waals surface area contributed by atoms with E-state index in [1.165, 1.54) is 12.1 Å². The van der Waals surface area contributed by atoms with Crippen molar-refractivity contribution in [3.05, 3.63) is 29.8 Å². The molecule has 0 unspecified atom stereocenters. The van der Waals surface area contributed by atoms with E-state index in [1.807, 2.05) is 0 Å². The summed E-state index contributed by atoms with van der Waals surface area (Å²) in [5, 5.41) is 5.51. The summed E-state index contributed by atoms with van der Waals surface area (Å²) in [6, 6.07) is 2.73. The van der Waals surface area contributed by atoms with E-state index in [4.69, 9.17) is 9.47 Å². The number of rotatable bonds is 12. The Morgan fingerprint density at radius 1 is 1.09 bits per heavy atom. The molecule has 1 atom stereocenters. The first-order valence-electron chi connectivity index (χ1n) is 11.9. The zero-order chi connectivity index (χ0) is 25.1. The Morgan fingerprint density at radius 3 is 2.47 bits per heavy atom. The van der Waals surface area contributed by atoms with Gasteiger partial charge in [-0.25, -0.2) is 9.18 Å². The average Bonchev–Trinajstić information content (AvgIpc) is 3.30. The largest absolute Gasteiger partial charge is 0.483 e. The number of ether oxygens (including phenoxy) is 2. The number of amides is 2. The molecule has 0 spiro atoms. The first kappa shape index (κ1) is 27.5. The van der Waals surface area contributed by atoms with Gasteiger partial charge in [-0.2, -0.15) is 4.39 Å². The Bertz CT molecular complexity index is 835. The number of ketones is 1. The number of carbonyl (C=O) groups excluding carboxylic acids is 3. The highest BCUT2D eigenvalue weighted by atomic mass is 19.2. The summed E-state index contributed by atoms with van der Waals surface area (Å²) < 4.78 is 37.6. The van der Waals surface area contributed by atoms with E-state index >= 15 is 0 Å². The summed E-state index contributed by atoms with van der Waals surface area (Å²) in [7, 11) is 0. The lowest BCUT2D eigenvalue weighted by Crippen LogP contribution is -2.45. The monoisotopic (exact) mass is 482 g/mol. The second kappa shape index (κ2) is 13.2. The highest BCUT2D eigenvalue weighted by Gasteiger charge is 2.28. The van der Waals surface area contributed by atoms with Gasteiger partial charge in [-0.15, -0.1) is 0 Å². The van der Waals surface area contributed by atoms with Crippen LogP contribution in [0.25, 0.3) is 0 Å². The number of unbranched alkanes of at least 4 members (excludes halogenated alkanes) is 2. The smallest absolute Gasteiger partial charge is 0.407 e. The second-order valence-corrected chi connectivity index (χ2v) is 9.63. The summed E-state index contributed by atoms with van der Waals surface area (Å²) in [5.41, 5.74) is -0.564. The number of hydrogen-bond donors (Lipinski definition) is 2. The first-order chi connectivity index (χ1) is 16.1. The van der Waals surface area contributed by atoms with Crippen LogP contribution < -0.4 is 15.4 Å². The fraction of sp³-hybridized carbons (Fsp3) is 0.640. The number of hydrogen-bond acceptors (Lipinski definition) is 5. The van der Waals surface area contributed by atoms with Crippen LogP contribution in [-0.4, -0.2) is 42.6 Å². The lowest BCUT2D eigenvalue weighted by atomic mass is 10.0. The van der Waals surface area contributed by atoms with E-state index in [2.05, 4.69) is 10.6 Å². The molecule has 0 saturated heterocycles. The quantitative estimate of drug-likeness (QED) is 0.422. The fourth-order valence-electron chi connectivity index (χ4n) is 3.79. The van der Waals surface area contributed by atoms with Crippen LogP contribution in [0.5, 0.6) is 5.75 Å². The molecule has 0 radical (unpaired) electrons. The van der Waals surface area contributed by atoms with Crippen molar-refractivity contribution in [1.29, 1.82) is 0 Å². The summed E-state index contributed by atoms with van der Waals surface area (Å²) >= 11 is 0. The molecule has 2 amide bonds. The van der Waals surface area contributed by atoms with Gasteiger partial charge in [0.05, 0.1) is 6.04 Å². The molecule has 0 heterocycles. The van der Waals surface area contributed by atoms with Crippen LogP contribution in [0, 0.1) is 17.6 Å². The van der Waals surface area contributed by atoms with Crippen molar-refractivity contribution < 1.29 is 32.6 Å². The SMILES string of the molecule is CC(C)(C)OC(=O)NCCCCC[C@H](NC(=O)C1CCCC1)C(=O)COc1cccc(F)c1F. The molecule has 2 rings (SSSR count). The molecule has 1 aliphatic carbocycles. The van der Waals surface area contributed by atoms with Crippen molar-refractivity contribution in [1.82, 2.24) is 10.6 Å². The molecule has 1 aromatic carbocycles. The van der Waals surface area contributed by atoms with Crippen LogP contribution in [0.3, 0.4) is 0 Å².